The van der Waals surface area contributed by atoms with Crippen molar-refractivity contribution in [2.45, 2.75) is 95.0 Å². The van der Waals surface area contributed by atoms with Crippen molar-refractivity contribution in [3.63, 3.8) is 0 Å². The summed E-state index contributed by atoms with van der Waals surface area (Å²) in [5.74, 6) is 0.0999. The van der Waals surface area contributed by atoms with Crippen LogP contribution in [0.1, 0.15) is 80.8 Å². The highest BCUT2D eigenvalue weighted by molar-refractivity contribution is 6.33. The zero-order valence-electron chi connectivity index (χ0n) is 37.1. The molecule has 0 bridgehead atoms. The number of imide groups is 1. The van der Waals surface area contributed by atoms with Crippen LogP contribution in [0.5, 0.6) is 5.75 Å². The van der Waals surface area contributed by atoms with E-state index in [2.05, 4.69) is 52.7 Å². The fourth-order valence-electron chi connectivity index (χ4n) is 11.0. The standard InChI is InChI=1S/C47H56ClN11O6/c1-28(2)59-37-9-6-31(19-29(37)21-39(45(59)64)65-25-41(61)49-3)51-42-36(48)22-50-46(53-42)54-16-12-32(13-17-54)58-18-14-47(58)26-56(27-47)34-5-4-15-55(24-34)33-7-8-35-30(20-33)23-57(44(35)63)38-10-11-40(60)52-43(38)62/h6-9,19-22,28,32,34,38H,4-5,10-18,23-27H2,1-3H3,(H,49,61)(H,50,51,53)(H,52,60,62). The molecule has 5 saturated heterocycles. The van der Waals surface area contributed by atoms with Crippen LogP contribution in [-0.2, 0) is 20.9 Å². The smallest absolute Gasteiger partial charge is 0.293 e. The molecule has 2 unspecified atom stereocenters. The zero-order chi connectivity index (χ0) is 45.1. The summed E-state index contributed by atoms with van der Waals surface area (Å²) in [7, 11) is 1.52. The van der Waals surface area contributed by atoms with Crippen molar-refractivity contribution in [3.8, 4) is 5.75 Å². The van der Waals surface area contributed by atoms with Gasteiger partial charge in [0.25, 0.3) is 17.4 Å². The molecule has 2 aromatic heterocycles. The van der Waals surface area contributed by atoms with Crippen LogP contribution in [0.2, 0.25) is 5.02 Å². The Hall–Kier alpha value is -5.78. The first-order valence-electron chi connectivity index (χ1n) is 23.0. The topological polar surface area (TPSA) is 178 Å². The van der Waals surface area contributed by atoms with E-state index in [0.717, 1.165) is 92.9 Å². The van der Waals surface area contributed by atoms with E-state index in [1.165, 1.54) is 19.9 Å². The van der Waals surface area contributed by atoms with E-state index in [-0.39, 0.29) is 59.5 Å². The maximum absolute atomic E-state index is 13.3. The van der Waals surface area contributed by atoms with Crippen molar-refractivity contribution in [2.75, 3.05) is 74.6 Å². The molecular weight excluding hydrogens is 850 g/mol. The fraction of sp³-hybridized carbons (Fsp3) is 0.511. The molecule has 0 aliphatic carbocycles. The van der Waals surface area contributed by atoms with Crippen molar-refractivity contribution >= 4 is 69.3 Å². The van der Waals surface area contributed by atoms with Gasteiger partial charge in [-0.3, -0.25) is 39.1 Å². The van der Waals surface area contributed by atoms with E-state index in [1.807, 2.05) is 38.1 Å². The van der Waals surface area contributed by atoms with Gasteiger partial charge in [-0.05, 0) is 100 Å². The minimum absolute atomic E-state index is 0.101. The molecule has 4 amide bonds. The number of ether oxygens (including phenoxy) is 1. The molecule has 3 N–H and O–H groups in total. The van der Waals surface area contributed by atoms with Crippen LogP contribution in [0.15, 0.2) is 53.5 Å². The minimum Gasteiger partial charge on any atom is -0.478 e. The number of fused-ring (bicyclic) bond motifs is 2. The highest BCUT2D eigenvalue weighted by Gasteiger charge is 2.56. The van der Waals surface area contributed by atoms with Crippen molar-refractivity contribution in [2.24, 2.45) is 0 Å². The van der Waals surface area contributed by atoms with Crippen LogP contribution in [0, 0.1) is 0 Å². The summed E-state index contributed by atoms with van der Waals surface area (Å²) in [6.07, 6.45) is 7.82. The maximum Gasteiger partial charge on any atom is 0.293 e. The largest absolute Gasteiger partial charge is 0.478 e. The summed E-state index contributed by atoms with van der Waals surface area (Å²) in [6, 6.07) is 13.7. The highest BCUT2D eigenvalue weighted by Crippen LogP contribution is 2.45. The Kier molecular flexibility index (Phi) is 11.4. The Morgan fingerprint density at radius 1 is 0.969 bits per heavy atom. The molecule has 17 nitrogen and oxygen atoms in total. The van der Waals surface area contributed by atoms with Crippen molar-refractivity contribution in [1.82, 2.24) is 39.9 Å². The van der Waals surface area contributed by atoms with Crippen LogP contribution in [0.25, 0.3) is 10.9 Å². The first-order chi connectivity index (χ1) is 31.4. The molecule has 6 aliphatic heterocycles. The van der Waals surface area contributed by atoms with Gasteiger partial charge in [-0.15, -0.1) is 0 Å². The van der Waals surface area contributed by atoms with Gasteiger partial charge in [0.05, 0.1) is 11.7 Å². The average Bonchev–Trinajstić information content (AvgIpc) is 3.60. The lowest BCUT2D eigenvalue weighted by Gasteiger charge is -2.67. The van der Waals surface area contributed by atoms with Gasteiger partial charge >= 0.3 is 0 Å². The van der Waals surface area contributed by atoms with Gasteiger partial charge in [-0.2, -0.15) is 4.98 Å². The molecule has 2 aromatic carbocycles. The number of likely N-dealkylation sites (N-methyl/N-ethyl adjacent to an activating group) is 1. The van der Waals surface area contributed by atoms with Crippen LogP contribution >= 0.6 is 11.6 Å². The Bertz CT molecular complexity index is 2620. The second kappa shape index (κ2) is 17.2. The zero-order valence-corrected chi connectivity index (χ0v) is 37.9. The molecule has 65 heavy (non-hydrogen) atoms. The van der Waals surface area contributed by atoms with Crippen LogP contribution in [0.3, 0.4) is 0 Å². The number of nitrogens with one attached hydrogen (secondary N) is 3. The molecule has 1 spiro atoms. The lowest BCUT2D eigenvalue weighted by atomic mass is 9.74. The molecule has 5 fully saturated rings. The van der Waals surface area contributed by atoms with E-state index in [4.69, 9.17) is 21.3 Å². The highest BCUT2D eigenvalue weighted by atomic mass is 35.5. The molecule has 0 radical (unpaired) electrons. The lowest BCUT2D eigenvalue weighted by Crippen LogP contribution is -2.80. The molecule has 2 atom stereocenters. The van der Waals surface area contributed by atoms with Gasteiger partial charge in [0.1, 0.15) is 11.1 Å². The molecule has 4 aromatic rings. The van der Waals surface area contributed by atoms with Gasteiger partial charge in [-0.1, -0.05) is 11.6 Å². The fourth-order valence-corrected chi connectivity index (χ4v) is 11.2. The number of nitrogens with zero attached hydrogens (tertiary/aromatic N) is 8. The number of piperidine rings is 3. The number of hydrogen-bond acceptors (Lipinski definition) is 13. The number of aromatic nitrogens is 3. The van der Waals surface area contributed by atoms with Gasteiger partial charge < -0.3 is 34.6 Å². The summed E-state index contributed by atoms with van der Waals surface area (Å²) >= 11 is 6.66. The first-order valence-corrected chi connectivity index (χ1v) is 23.4. The summed E-state index contributed by atoms with van der Waals surface area (Å²) < 4.78 is 7.30. The third-order valence-electron chi connectivity index (χ3n) is 14.5. The molecule has 342 valence electrons. The van der Waals surface area contributed by atoms with E-state index >= 15 is 0 Å². The SMILES string of the molecule is CNC(=O)COc1cc2cc(Nc3nc(N4CCC(N5CCC56CN(C5CCCN(c7ccc8c(c7)CN(C7CCC(=O)NC7=O)C8=O)C5)C6)CC4)ncc3Cl)ccc2n(C(C)C)c1=O. The summed E-state index contributed by atoms with van der Waals surface area (Å²) in [4.78, 5) is 84.1. The molecule has 0 saturated carbocycles. The van der Waals surface area contributed by atoms with E-state index in [9.17, 15) is 24.0 Å². The number of benzene rings is 2. The number of rotatable bonds is 11. The van der Waals surface area contributed by atoms with Gasteiger partial charge in [0.2, 0.25) is 17.8 Å². The van der Waals surface area contributed by atoms with E-state index < -0.39 is 6.04 Å². The van der Waals surface area contributed by atoms with Crippen LogP contribution in [0.4, 0.5) is 23.1 Å². The van der Waals surface area contributed by atoms with Crippen molar-refractivity contribution < 1.29 is 23.9 Å². The Labute approximate surface area is 382 Å². The lowest BCUT2D eigenvalue weighted by molar-refractivity contribution is -0.159. The number of halogens is 1. The van der Waals surface area contributed by atoms with Gasteiger partial charge in [0, 0.05) is 112 Å². The second-order valence-electron chi connectivity index (χ2n) is 18.8. The third-order valence-corrected chi connectivity index (χ3v) is 14.8. The van der Waals surface area contributed by atoms with Crippen LogP contribution < -0.4 is 36.0 Å². The molecular formula is C47H56ClN11O6. The Balaban J connectivity index is 0.740. The van der Waals surface area contributed by atoms with E-state index in [1.54, 1.807) is 21.7 Å². The molecule has 6 aliphatic rings. The van der Waals surface area contributed by atoms with Crippen molar-refractivity contribution in [1.29, 1.82) is 0 Å². The number of pyridine rings is 1. The third kappa shape index (κ3) is 8.05. The number of amides is 4. The molecule has 10 rings (SSSR count). The first kappa shape index (κ1) is 43.1. The number of anilines is 4. The molecule has 8 heterocycles. The number of carbonyl (C=O) groups is 4. The Morgan fingerprint density at radius 3 is 2.52 bits per heavy atom. The monoisotopic (exact) mass is 905 g/mol. The average molecular weight is 906 g/mol. The number of hydrogen-bond donors (Lipinski definition) is 3. The van der Waals surface area contributed by atoms with Crippen molar-refractivity contribution in [3.05, 3.63) is 75.2 Å². The van der Waals surface area contributed by atoms with E-state index in [0.29, 0.717) is 47.4 Å². The minimum atomic E-state index is -0.610. The normalized spacial score (nSPS) is 22.5. The quantitative estimate of drug-likeness (QED) is 0.184. The predicted molar refractivity (Wildman–Crippen MR) is 247 cm³/mol. The summed E-state index contributed by atoms with van der Waals surface area (Å²) in [6.45, 7) is 10.9. The number of likely N-dealkylation sites (tertiary alicyclic amines) is 2. The predicted octanol–water partition coefficient (Wildman–Crippen LogP) is 4.05. The maximum atomic E-state index is 13.3. The van der Waals surface area contributed by atoms with Gasteiger partial charge in [0.15, 0.2) is 18.2 Å². The summed E-state index contributed by atoms with van der Waals surface area (Å²) in [5, 5.41) is 9.44. The summed E-state index contributed by atoms with van der Waals surface area (Å²) in [5.41, 5.74) is 4.15. The number of carbonyl (C=O) groups excluding carboxylic acids is 4. The molecule has 18 heteroatoms. The Morgan fingerprint density at radius 2 is 1.78 bits per heavy atom. The van der Waals surface area contributed by atoms with Crippen LogP contribution in [-0.4, -0.2) is 136 Å². The second-order valence-corrected chi connectivity index (χ2v) is 19.2. The van der Waals surface area contributed by atoms with Gasteiger partial charge in [-0.25, -0.2) is 4.98 Å².